The number of carbonyl (C=O) groups is 1. The highest BCUT2D eigenvalue weighted by Gasteiger charge is 2.09. The molecule has 0 bridgehead atoms. The molecule has 1 aromatic rings. The van der Waals surface area contributed by atoms with Gasteiger partial charge in [-0.15, -0.1) is 0 Å². The molecule has 0 aliphatic carbocycles. The van der Waals surface area contributed by atoms with E-state index in [1.54, 1.807) is 0 Å². The van der Waals surface area contributed by atoms with Crippen LogP contribution in [0.1, 0.15) is 17.3 Å². The van der Waals surface area contributed by atoms with Crippen molar-refractivity contribution in [2.75, 3.05) is 13.7 Å². The molecule has 1 rings (SSSR count). The molecule has 1 atom stereocenters. The molecule has 2 N–H and O–H groups in total. The summed E-state index contributed by atoms with van der Waals surface area (Å²) in [6, 6.07) is 3.91. The van der Waals surface area contributed by atoms with Crippen LogP contribution >= 0.6 is 0 Å². The average molecular weight is 227 g/mol. The van der Waals surface area contributed by atoms with E-state index in [4.69, 9.17) is 9.84 Å². The first-order chi connectivity index (χ1) is 7.54. The van der Waals surface area contributed by atoms with E-state index in [0.717, 1.165) is 6.07 Å². The summed E-state index contributed by atoms with van der Waals surface area (Å²) in [4.78, 5) is 11.2. The Morgan fingerprint density at radius 1 is 1.62 bits per heavy atom. The van der Waals surface area contributed by atoms with Crippen molar-refractivity contribution in [3.63, 3.8) is 0 Å². The molecule has 0 aliphatic rings. The third-order valence-electron chi connectivity index (χ3n) is 1.90. The van der Waals surface area contributed by atoms with Gasteiger partial charge in [0, 0.05) is 12.6 Å². The normalized spacial score (nSPS) is 12.0. The van der Waals surface area contributed by atoms with Crippen molar-refractivity contribution in [1.29, 1.82) is 0 Å². The zero-order chi connectivity index (χ0) is 12.1. The lowest BCUT2D eigenvalue weighted by atomic mass is 10.2. The Balaban J connectivity index is 2.79. The third-order valence-corrected chi connectivity index (χ3v) is 1.90. The molecule has 0 spiro atoms. The van der Waals surface area contributed by atoms with Crippen LogP contribution in [0.3, 0.4) is 0 Å². The molecule has 0 heterocycles. The van der Waals surface area contributed by atoms with E-state index in [1.807, 2.05) is 0 Å². The predicted octanol–water partition coefficient (Wildman–Crippen LogP) is 0.945. The van der Waals surface area contributed by atoms with Crippen LogP contribution < -0.4 is 10.1 Å². The quantitative estimate of drug-likeness (QED) is 0.805. The number of aliphatic hydroxyl groups excluding tert-OH is 1. The number of nitrogens with one attached hydrogen (secondary N) is 1. The second kappa shape index (κ2) is 5.46. The van der Waals surface area contributed by atoms with E-state index in [0.29, 0.717) is 0 Å². The lowest BCUT2D eigenvalue weighted by Crippen LogP contribution is -2.18. The van der Waals surface area contributed by atoms with Gasteiger partial charge in [0.1, 0.15) is 6.61 Å². The Morgan fingerprint density at radius 3 is 2.81 bits per heavy atom. The Hall–Kier alpha value is -1.62. The molecule has 0 unspecified atom stereocenters. The number of ether oxygens (including phenoxy) is 1. The molecule has 0 saturated heterocycles. The van der Waals surface area contributed by atoms with Crippen LogP contribution in [-0.4, -0.2) is 30.8 Å². The summed E-state index contributed by atoms with van der Waals surface area (Å²) < 4.78 is 18.4. The van der Waals surface area contributed by atoms with Crippen molar-refractivity contribution >= 4 is 5.91 Å². The molecular weight excluding hydrogens is 213 g/mol. The van der Waals surface area contributed by atoms with Gasteiger partial charge >= 0.3 is 0 Å². The van der Waals surface area contributed by atoms with Gasteiger partial charge in [0.15, 0.2) is 11.6 Å². The maximum Gasteiger partial charge on any atom is 0.251 e. The highest BCUT2D eigenvalue weighted by molar-refractivity contribution is 5.94. The Bertz CT molecular complexity index is 379. The topological polar surface area (TPSA) is 58.6 Å². The molecular formula is C11H14FNO3. The Morgan fingerprint density at radius 2 is 2.31 bits per heavy atom. The molecule has 16 heavy (non-hydrogen) atoms. The minimum absolute atomic E-state index is 0.0102. The van der Waals surface area contributed by atoms with Crippen molar-refractivity contribution in [3.8, 4) is 5.75 Å². The van der Waals surface area contributed by atoms with Gasteiger partial charge in [-0.1, -0.05) is 0 Å². The van der Waals surface area contributed by atoms with E-state index >= 15 is 0 Å². The molecule has 0 saturated carbocycles. The van der Waals surface area contributed by atoms with Crippen LogP contribution in [0.15, 0.2) is 18.2 Å². The molecule has 4 nitrogen and oxygen atoms in total. The zero-order valence-corrected chi connectivity index (χ0v) is 9.16. The fourth-order valence-corrected chi connectivity index (χ4v) is 1.11. The minimum atomic E-state index is -0.669. The standard InChI is InChI=1S/C11H14FNO3/c1-7(14)6-16-10-4-3-8(5-9(10)12)11(15)13-2/h3-5,7,14H,6H2,1-2H3,(H,13,15)/t7-/m0/s1. The van der Waals surface area contributed by atoms with Gasteiger partial charge in [0.25, 0.3) is 5.91 Å². The highest BCUT2D eigenvalue weighted by Crippen LogP contribution is 2.18. The van der Waals surface area contributed by atoms with Crippen LogP contribution in [0, 0.1) is 5.82 Å². The number of rotatable bonds is 4. The molecule has 0 aromatic heterocycles. The molecule has 1 aromatic carbocycles. The van der Waals surface area contributed by atoms with Crippen LogP contribution in [0.25, 0.3) is 0 Å². The lowest BCUT2D eigenvalue weighted by molar-refractivity contribution is 0.0961. The summed E-state index contributed by atoms with van der Waals surface area (Å²) in [5.41, 5.74) is 0.226. The van der Waals surface area contributed by atoms with E-state index in [9.17, 15) is 9.18 Å². The SMILES string of the molecule is CNC(=O)c1ccc(OC[C@H](C)O)c(F)c1. The maximum absolute atomic E-state index is 13.4. The summed E-state index contributed by atoms with van der Waals surface area (Å²) in [6.07, 6.45) is -0.669. The molecule has 0 fully saturated rings. The molecule has 1 amide bonds. The first kappa shape index (κ1) is 12.4. The summed E-state index contributed by atoms with van der Waals surface area (Å²) in [6.45, 7) is 1.55. The lowest BCUT2D eigenvalue weighted by Gasteiger charge is -2.09. The molecule has 88 valence electrons. The van der Waals surface area contributed by atoms with Gasteiger partial charge in [-0.05, 0) is 25.1 Å². The minimum Gasteiger partial charge on any atom is -0.488 e. The van der Waals surface area contributed by atoms with E-state index in [2.05, 4.69) is 5.32 Å². The molecule has 0 aliphatic heterocycles. The van der Waals surface area contributed by atoms with Crippen molar-refractivity contribution < 1.29 is 19.0 Å². The van der Waals surface area contributed by atoms with Crippen LogP contribution in [-0.2, 0) is 0 Å². The number of amides is 1. The average Bonchev–Trinajstić information content (AvgIpc) is 2.26. The van der Waals surface area contributed by atoms with Gasteiger partial charge in [-0.2, -0.15) is 0 Å². The fourth-order valence-electron chi connectivity index (χ4n) is 1.11. The number of hydrogen-bond donors (Lipinski definition) is 2. The summed E-state index contributed by atoms with van der Waals surface area (Å²) in [5.74, 6) is -0.962. The highest BCUT2D eigenvalue weighted by atomic mass is 19.1. The predicted molar refractivity (Wildman–Crippen MR) is 57.0 cm³/mol. The number of hydrogen-bond acceptors (Lipinski definition) is 3. The number of aliphatic hydroxyl groups is 1. The second-order valence-electron chi connectivity index (χ2n) is 3.38. The van der Waals surface area contributed by atoms with E-state index in [-0.39, 0.29) is 23.8 Å². The van der Waals surface area contributed by atoms with Gasteiger partial charge in [0.2, 0.25) is 0 Å². The first-order valence-corrected chi connectivity index (χ1v) is 4.87. The summed E-state index contributed by atoms with van der Waals surface area (Å²) in [7, 11) is 1.47. The monoisotopic (exact) mass is 227 g/mol. The molecule has 0 radical (unpaired) electrons. The van der Waals surface area contributed by atoms with Gasteiger partial charge in [-0.25, -0.2) is 4.39 Å². The van der Waals surface area contributed by atoms with Crippen LogP contribution in [0.2, 0.25) is 0 Å². The molecule has 5 heteroatoms. The largest absolute Gasteiger partial charge is 0.488 e. The number of benzene rings is 1. The van der Waals surface area contributed by atoms with Crippen molar-refractivity contribution in [2.24, 2.45) is 0 Å². The van der Waals surface area contributed by atoms with Crippen molar-refractivity contribution in [2.45, 2.75) is 13.0 Å². The van der Waals surface area contributed by atoms with E-state index < -0.39 is 11.9 Å². The van der Waals surface area contributed by atoms with Crippen LogP contribution in [0.4, 0.5) is 4.39 Å². The number of halogens is 1. The number of carbonyl (C=O) groups excluding carboxylic acids is 1. The summed E-state index contributed by atoms with van der Waals surface area (Å²) >= 11 is 0. The van der Waals surface area contributed by atoms with Crippen molar-refractivity contribution in [1.82, 2.24) is 5.32 Å². The van der Waals surface area contributed by atoms with Gasteiger partial charge in [0.05, 0.1) is 6.10 Å². The summed E-state index contributed by atoms with van der Waals surface area (Å²) in [5, 5.41) is 11.4. The second-order valence-corrected chi connectivity index (χ2v) is 3.38. The maximum atomic E-state index is 13.4. The van der Waals surface area contributed by atoms with Crippen LogP contribution in [0.5, 0.6) is 5.75 Å². The van der Waals surface area contributed by atoms with Crippen molar-refractivity contribution in [3.05, 3.63) is 29.6 Å². The zero-order valence-electron chi connectivity index (χ0n) is 9.16. The Labute approximate surface area is 93.0 Å². The van der Waals surface area contributed by atoms with Gasteiger partial charge in [-0.3, -0.25) is 4.79 Å². The van der Waals surface area contributed by atoms with Gasteiger partial charge < -0.3 is 15.2 Å². The Kier molecular flexibility index (Phi) is 4.25. The fraction of sp³-hybridized carbons (Fsp3) is 0.364. The van der Waals surface area contributed by atoms with E-state index in [1.165, 1.54) is 26.1 Å². The smallest absolute Gasteiger partial charge is 0.251 e. The third kappa shape index (κ3) is 3.20. The first-order valence-electron chi connectivity index (χ1n) is 4.87.